The molecule has 10 heteroatoms. The summed E-state index contributed by atoms with van der Waals surface area (Å²) in [5.74, 6) is 0.946. The van der Waals surface area contributed by atoms with Crippen LogP contribution in [0.5, 0.6) is 11.5 Å². The van der Waals surface area contributed by atoms with E-state index in [4.69, 9.17) is 4.74 Å². The third-order valence-electron chi connectivity index (χ3n) is 7.33. The Balaban J connectivity index is 1.18. The number of sulfonamides is 1. The number of urea groups is 1. The Morgan fingerprint density at radius 3 is 2.07 bits per heavy atom. The molecule has 43 heavy (non-hydrogen) atoms. The van der Waals surface area contributed by atoms with Crippen molar-refractivity contribution in [1.82, 2.24) is 4.90 Å². The number of amides is 2. The predicted molar refractivity (Wildman–Crippen MR) is 169 cm³/mol. The molecule has 5 rings (SSSR count). The fourth-order valence-electron chi connectivity index (χ4n) is 5.22. The standard InChI is InChI=1S/C33H35FN4O4S/c1-24-5-3-4-6-32(24)38(33(39)35-27-11-9-26(34)10-12-27)29-19-21-37(22-20-29)23-25-7-15-30(16-8-25)42-31-17-13-28(14-18-31)36-43(2,40)41/h3-18,29,36H,19-23H2,1-2H3,(H,35,39). The minimum absolute atomic E-state index is 0.0209. The van der Waals surface area contributed by atoms with Gasteiger partial charge in [-0.05, 0) is 97.6 Å². The van der Waals surface area contributed by atoms with Gasteiger partial charge in [-0.1, -0.05) is 30.3 Å². The summed E-state index contributed by atoms with van der Waals surface area (Å²) >= 11 is 0. The van der Waals surface area contributed by atoms with Crippen molar-refractivity contribution in [2.75, 3.05) is 34.3 Å². The number of carbonyl (C=O) groups is 1. The molecule has 0 atom stereocenters. The van der Waals surface area contributed by atoms with Crippen LogP contribution < -0.4 is 19.7 Å². The summed E-state index contributed by atoms with van der Waals surface area (Å²) in [4.78, 5) is 17.8. The van der Waals surface area contributed by atoms with Gasteiger partial charge in [0.25, 0.3) is 0 Å². The van der Waals surface area contributed by atoms with Crippen molar-refractivity contribution in [3.63, 3.8) is 0 Å². The molecule has 8 nitrogen and oxygen atoms in total. The molecule has 0 aliphatic carbocycles. The second kappa shape index (κ2) is 13.3. The van der Waals surface area contributed by atoms with Crippen LogP contribution in [0.4, 0.5) is 26.2 Å². The molecule has 0 saturated carbocycles. The number of rotatable bonds is 9. The summed E-state index contributed by atoms with van der Waals surface area (Å²) in [6.45, 7) is 4.46. The molecule has 4 aromatic carbocycles. The van der Waals surface area contributed by atoms with Crippen molar-refractivity contribution in [2.45, 2.75) is 32.4 Å². The molecule has 224 valence electrons. The molecule has 0 bridgehead atoms. The van der Waals surface area contributed by atoms with Gasteiger partial charge in [0.05, 0.1) is 6.26 Å². The zero-order valence-corrected chi connectivity index (χ0v) is 25.0. The van der Waals surface area contributed by atoms with Crippen molar-refractivity contribution in [3.05, 3.63) is 114 Å². The highest BCUT2D eigenvalue weighted by Gasteiger charge is 2.30. The van der Waals surface area contributed by atoms with E-state index >= 15 is 0 Å². The van der Waals surface area contributed by atoms with Crippen LogP contribution in [-0.4, -0.2) is 44.7 Å². The van der Waals surface area contributed by atoms with Gasteiger partial charge in [0.2, 0.25) is 10.0 Å². The summed E-state index contributed by atoms with van der Waals surface area (Å²) in [7, 11) is -3.33. The molecule has 0 unspecified atom stereocenters. The molecule has 1 aliphatic heterocycles. The first-order chi connectivity index (χ1) is 20.6. The van der Waals surface area contributed by atoms with E-state index in [1.807, 2.05) is 60.4 Å². The normalized spacial score (nSPS) is 14.2. The van der Waals surface area contributed by atoms with Crippen molar-refractivity contribution in [2.24, 2.45) is 0 Å². The van der Waals surface area contributed by atoms with E-state index in [0.717, 1.165) is 55.5 Å². The molecule has 1 saturated heterocycles. The van der Waals surface area contributed by atoms with E-state index in [1.165, 1.54) is 12.1 Å². The molecule has 1 fully saturated rings. The number of hydrogen-bond donors (Lipinski definition) is 2. The predicted octanol–water partition coefficient (Wildman–Crippen LogP) is 7.00. The van der Waals surface area contributed by atoms with Crippen LogP contribution in [0.2, 0.25) is 0 Å². The number of carbonyl (C=O) groups excluding carboxylic acids is 1. The van der Waals surface area contributed by atoms with Crippen LogP contribution in [0.15, 0.2) is 97.1 Å². The van der Waals surface area contributed by atoms with E-state index < -0.39 is 10.0 Å². The van der Waals surface area contributed by atoms with Crippen LogP contribution in [0, 0.1) is 12.7 Å². The first-order valence-electron chi connectivity index (χ1n) is 14.1. The lowest BCUT2D eigenvalue weighted by Gasteiger charge is -2.39. The number of para-hydroxylation sites is 1. The maximum atomic E-state index is 13.5. The van der Waals surface area contributed by atoms with Crippen molar-refractivity contribution < 1.29 is 22.3 Å². The average molecular weight is 603 g/mol. The van der Waals surface area contributed by atoms with Crippen LogP contribution in [0.1, 0.15) is 24.0 Å². The number of benzene rings is 4. The minimum atomic E-state index is -3.33. The van der Waals surface area contributed by atoms with Gasteiger partial charge in [0.15, 0.2) is 0 Å². The summed E-state index contributed by atoms with van der Waals surface area (Å²) < 4.78 is 44.5. The van der Waals surface area contributed by atoms with E-state index in [0.29, 0.717) is 22.9 Å². The minimum Gasteiger partial charge on any atom is -0.457 e. The zero-order valence-electron chi connectivity index (χ0n) is 24.2. The maximum absolute atomic E-state index is 13.5. The van der Waals surface area contributed by atoms with Crippen LogP contribution in [0.3, 0.4) is 0 Å². The van der Waals surface area contributed by atoms with Crippen LogP contribution in [-0.2, 0) is 16.6 Å². The Bertz CT molecular complexity index is 1640. The van der Waals surface area contributed by atoms with Gasteiger partial charge in [-0.15, -0.1) is 0 Å². The van der Waals surface area contributed by atoms with Crippen LogP contribution >= 0.6 is 0 Å². The van der Waals surface area contributed by atoms with Gasteiger partial charge < -0.3 is 10.1 Å². The number of nitrogens with zero attached hydrogens (tertiary/aromatic N) is 2. The maximum Gasteiger partial charge on any atom is 0.326 e. The topological polar surface area (TPSA) is 91.0 Å². The number of aryl methyl sites for hydroxylation is 1. The Morgan fingerprint density at radius 1 is 0.884 bits per heavy atom. The third kappa shape index (κ3) is 8.33. The molecule has 0 radical (unpaired) electrons. The smallest absolute Gasteiger partial charge is 0.326 e. The zero-order chi connectivity index (χ0) is 30.4. The Hall–Kier alpha value is -4.41. The Labute approximate surface area is 252 Å². The molecular formula is C33H35FN4O4S. The first-order valence-corrected chi connectivity index (χ1v) is 16.0. The molecule has 1 heterocycles. The number of halogens is 1. The summed E-state index contributed by atoms with van der Waals surface area (Å²) in [5, 5.41) is 2.95. The highest BCUT2D eigenvalue weighted by molar-refractivity contribution is 7.92. The van der Waals surface area contributed by atoms with Gasteiger partial charge in [0.1, 0.15) is 17.3 Å². The Kier molecular flexibility index (Phi) is 9.27. The van der Waals surface area contributed by atoms with Crippen LogP contribution in [0.25, 0.3) is 0 Å². The Morgan fingerprint density at radius 2 is 1.47 bits per heavy atom. The lowest BCUT2D eigenvalue weighted by Crippen LogP contribution is -2.49. The lowest BCUT2D eigenvalue weighted by molar-refractivity contribution is 0.199. The monoisotopic (exact) mass is 602 g/mol. The van der Waals surface area contributed by atoms with Crippen molar-refractivity contribution in [1.29, 1.82) is 0 Å². The highest BCUT2D eigenvalue weighted by atomic mass is 32.2. The largest absolute Gasteiger partial charge is 0.457 e. The van der Waals surface area contributed by atoms with Gasteiger partial charge in [-0.2, -0.15) is 0 Å². The van der Waals surface area contributed by atoms with Gasteiger partial charge in [-0.25, -0.2) is 17.6 Å². The number of hydrogen-bond acceptors (Lipinski definition) is 5. The molecule has 0 spiro atoms. The highest BCUT2D eigenvalue weighted by Crippen LogP contribution is 2.29. The van der Waals surface area contributed by atoms with E-state index in [1.54, 1.807) is 36.4 Å². The van der Waals surface area contributed by atoms with Gasteiger partial charge >= 0.3 is 6.03 Å². The fraction of sp³-hybridized carbons (Fsp3) is 0.242. The SMILES string of the molecule is Cc1ccccc1N(C(=O)Nc1ccc(F)cc1)C1CCN(Cc2ccc(Oc3ccc(NS(C)(=O)=O)cc3)cc2)CC1. The lowest BCUT2D eigenvalue weighted by atomic mass is 10.0. The van der Waals surface area contributed by atoms with E-state index in [2.05, 4.69) is 14.9 Å². The number of nitrogens with one attached hydrogen (secondary N) is 2. The fourth-order valence-corrected chi connectivity index (χ4v) is 5.78. The summed E-state index contributed by atoms with van der Waals surface area (Å²) in [6, 6.07) is 28.1. The van der Waals surface area contributed by atoms with Gasteiger partial charge in [-0.3, -0.25) is 14.5 Å². The number of likely N-dealkylation sites (tertiary alicyclic amines) is 1. The molecule has 2 N–H and O–H groups in total. The molecular weight excluding hydrogens is 567 g/mol. The van der Waals surface area contributed by atoms with Crippen molar-refractivity contribution in [3.8, 4) is 11.5 Å². The molecule has 0 aromatic heterocycles. The quantitative estimate of drug-likeness (QED) is 0.215. The van der Waals surface area contributed by atoms with Gasteiger partial charge in [0, 0.05) is 42.7 Å². The molecule has 1 aliphatic rings. The summed E-state index contributed by atoms with van der Waals surface area (Å²) in [5.41, 5.74) is 4.07. The number of piperidine rings is 1. The first kappa shape index (κ1) is 30.1. The number of anilines is 3. The van der Waals surface area contributed by atoms with E-state index in [-0.39, 0.29) is 17.9 Å². The number of ether oxygens (including phenoxy) is 1. The average Bonchev–Trinajstić information content (AvgIpc) is 2.98. The second-order valence-corrected chi connectivity index (χ2v) is 12.5. The second-order valence-electron chi connectivity index (χ2n) is 10.7. The molecule has 2 amide bonds. The van der Waals surface area contributed by atoms with E-state index in [9.17, 15) is 17.6 Å². The summed E-state index contributed by atoms with van der Waals surface area (Å²) in [6.07, 6.45) is 2.74. The van der Waals surface area contributed by atoms with Crippen molar-refractivity contribution >= 4 is 33.1 Å². The molecule has 4 aromatic rings. The third-order valence-corrected chi connectivity index (χ3v) is 7.94.